The van der Waals surface area contributed by atoms with Crippen molar-refractivity contribution in [3.63, 3.8) is 0 Å². The van der Waals surface area contributed by atoms with E-state index in [2.05, 4.69) is 45.3 Å². The highest BCUT2D eigenvalue weighted by Gasteiger charge is 2.12. The van der Waals surface area contributed by atoms with E-state index in [1.54, 1.807) is 11.8 Å². The Labute approximate surface area is 111 Å². The molecule has 3 heteroatoms. The number of benzene rings is 1. The Morgan fingerprint density at radius 1 is 1.17 bits per heavy atom. The number of rotatable bonds is 5. The summed E-state index contributed by atoms with van der Waals surface area (Å²) in [7, 11) is 6.29. The molecule has 0 saturated heterocycles. The van der Waals surface area contributed by atoms with Gasteiger partial charge in [0, 0.05) is 26.1 Å². The number of carbonyl (C=O) groups is 1. The van der Waals surface area contributed by atoms with Gasteiger partial charge in [-0.25, -0.2) is 0 Å². The van der Waals surface area contributed by atoms with Crippen molar-refractivity contribution in [2.45, 2.75) is 26.9 Å². The van der Waals surface area contributed by atoms with Crippen molar-refractivity contribution < 1.29 is 9.28 Å². The van der Waals surface area contributed by atoms with E-state index in [1.165, 1.54) is 11.1 Å². The molecule has 1 rings (SSSR count). The Bertz CT molecular complexity index is 395. The molecular weight excluding hydrogens is 224 g/mol. The minimum Gasteiger partial charge on any atom is -0.342 e. The highest BCUT2D eigenvalue weighted by Crippen LogP contribution is 2.11. The highest BCUT2D eigenvalue weighted by molar-refractivity contribution is 5.72. The lowest BCUT2D eigenvalue weighted by Gasteiger charge is -2.28. The average Bonchev–Trinajstić information content (AvgIpc) is 2.31. The average molecular weight is 249 g/mol. The zero-order valence-corrected chi connectivity index (χ0v) is 12.2. The fourth-order valence-electron chi connectivity index (χ4n) is 1.74. The molecular formula is C15H25N2O+. The first-order chi connectivity index (χ1) is 8.34. The minimum atomic E-state index is 0.0999. The summed E-state index contributed by atoms with van der Waals surface area (Å²) in [6, 6.07) is 8.56. The van der Waals surface area contributed by atoms with E-state index in [0.717, 1.165) is 17.6 Å². The van der Waals surface area contributed by atoms with Crippen LogP contribution in [-0.2, 0) is 17.9 Å². The highest BCUT2D eigenvalue weighted by atomic mass is 16.2. The number of hydrogen-bond donors (Lipinski definition) is 0. The van der Waals surface area contributed by atoms with Gasteiger partial charge in [0.25, 0.3) is 0 Å². The van der Waals surface area contributed by atoms with Crippen LogP contribution in [0, 0.1) is 0 Å². The zero-order chi connectivity index (χ0) is 13.8. The topological polar surface area (TPSA) is 20.3 Å². The van der Waals surface area contributed by atoms with E-state index in [1.807, 2.05) is 7.05 Å². The first-order valence-electron chi connectivity index (χ1n) is 6.45. The molecule has 3 nitrogen and oxygen atoms in total. The predicted molar refractivity (Wildman–Crippen MR) is 74.9 cm³/mol. The van der Waals surface area contributed by atoms with Crippen LogP contribution < -0.4 is 0 Å². The van der Waals surface area contributed by atoms with Gasteiger partial charge in [-0.3, -0.25) is 4.79 Å². The van der Waals surface area contributed by atoms with Crippen LogP contribution >= 0.6 is 0 Å². The Hall–Kier alpha value is -1.35. The van der Waals surface area contributed by atoms with Crippen LogP contribution in [0.1, 0.15) is 25.0 Å². The van der Waals surface area contributed by atoms with E-state index in [9.17, 15) is 4.79 Å². The Morgan fingerprint density at radius 2 is 1.67 bits per heavy atom. The molecule has 18 heavy (non-hydrogen) atoms. The number of carbonyl (C=O) groups excluding carboxylic acids is 1. The van der Waals surface area contributed by atoms with Crippen molar-refractivity contribution >= 4 is 5.91 Å². The van der Waals surface area contributed by atoms with Gasteiger partial charge in [0.15, 0.2) is 0 Å². The van der Waals surface area contributed by atoms with Crippen LogP contribution in [0.25, 0.3) is 0 Å². The van der Waals surface area contributed by atoms with Gasteiger partial charge in [-0.1, -0.05) is 24.3 Å². The summed E-state index contributed by atoms with van der Waals surface area (Å²) in [5.41, 5.74) is 2.52. The van der Waals surface area contributed by atoms with Crippen LogP contribution in [0.15, 0.2) is 24.3 Å². The van der Waals surface area contributed by atoms with Crippen molar-refractivity contribution in [3.05, 3.63) is 35.4 Å². The van der Waals surface area contributed by atoms with Crippen molar-refractivity contribution in [2.24, 2.45) is 0 Å². The minimum absolute atomic E-state index is 0.0999. The molecule has 1 amide bonds. The molecule has 0 bridgehead atoms. The van der Waals surface area contributed by atoms with Gasteiger partial charge in [-0.15, -0.1) is 0 Å². The van der Waals surface area contributed by atoms with Crippen LogP contribution in [0.5, 0.6) is 0 Å². The maximum atomic E-state index is 11.2. The SMILES string of the molecule is CC[N+](C)(C)Cc1ccc(CN(C)C(C)=O)cc1. The van der Waals surface area contributed by atoms with E-state index < -0.39 is 0 Å². The van der Waals surface area contributed by atoms with Gasteiger partial charge in [-0.05, 0) is 12.5 Å². The molecule has 1 aromatic carbocycles. The Balaban J connectivity index is 2.66. The maximum absolute atomic E-state index is 11.2. The summed E-state index contributed by atoms with van der Waals surface area (Å²) in [5, 5.41) is 0. The van der Waals surface area contributed by atoms with Gasteiger partial charge < -0.3 is 9.38 Å². The smallest absolute Gasteiger partial charge is 0.219 e. The molecule has 0 spiro atoms. The van der Waals surface area contributed by atoms with E-state index in [0.29, 0.717) is 6.54 Å². The quantitative estimate of drug-likeness (QED) is 0.733. The second-order valence-corrected chi connectivity index (χ2v) is 5.60. The third kappa shape index (κ3) is 4.49. The molecule has 0 atom stereocenters. The lowest BCUT2D eigenvalue weighted by atomic mass is 10.1. The molecule has 0 aliphatic rings. The van der Waals surface area contributed by atoms with Crippen LogP contribution in [0.4, 0.5) is 0 Å². The number of quaternary nitrogens is 1. The van der Waals surface area contributed by atoms with E-state index >= 15 is 0 Å². The molecule has 0 aromatic heterocycles. The first kappa shape index (κ1) is 14.7. The van der Waals surface area contributed by atoms with Crippen LogP contribution in [0.2, 0.25) is 0 Å². The second-order valence-electron chi connectivity index (χ2n) is 5.60. The zero-order valence-electron chi connectivity index (χ0n) is 12.2. The standard InChI is InChI=1S/C15H25N2O/c1-6-17(4,5)12-15-9-7-14(8-10-15)11-16(3)13(2)18/h7-10H,6,11-12H2,1-5H3/q+1. The van der Waals surface area contributed by atoms with Gasteiger partial charge in [0.2, 0.25) is 5.91 Å². The van der Waals surface area contributed by atoms with Gasteiger partial charge >= 0.3 is 0 Å². The number of hydrogen-bond acceptors (Lipinski definition) is 1. The molecule has 0 saturated carbocycles. The first-order valence-corrected chi connectivity index (χ1v) is 6.45. The van der Waals surface area contributed by atoms with Crippen molar-refractivity contribution in [3.8, 4) is 0 Å². The van der Waals surface area contributed by atoms with Gasteiger partial charge in [-0.2, -0.15) is 0 Å². The summed E-state index contributed by atoms with van der Waals surface area (Å²) in [6.45, 7) is 6.64. The maximum Gasteiger partial charge on any atom is 0.219 e. The third-order valence-corrected chi connectivity index (χ3v) is 3.45. The summed E-state index contributed by atoms with van der Waals surface area (Å²) in [5.74, 6) is 0.0999. The summed E-state index contributed by atoms with van der Waals surface area (Å²) in [4.78, 5) is 12.9. The molecule has 0 radical (unpaired) electrons. The van der Waals surface area contributed by atoms with E-state index in [4.69, 9.17) is 0 Å². The van der Waals surface area contributed by atoms with Crippen LogP contribution in [0.3, 0.4) is 0 Å². The molecule has 0 fully saturated rings. The van der Waals surface area contributed by atoms with Crippen molar-refractivity contribution in [2.75, 3.05) is 27.7 Å². The lowest BCUT2D eigenvalue weighted by Crippen LogP contribution is -2.38. The van der Waals surface area contributed by atoms with Gasteiger partial charge in [0.05, 0.1) is 20.6 Å². The fraction of sp³-hybridized carbons (Fsp3) is 0.533. The lowest BCUT2D eigenvalue weighted by molar-refractivity contribution is -0.901. The Kier molecular flexibility index (Phi) is 4.91. The molecule has 100 valence electrons. The third-order valence-electron chi connectivity index (χ3n) is 3.45. The van der Waals surface area contributed by atoms with Crippen molar-refractivity contribution in [1.29, 1.82) is 0 Å². The molecule has 0 aliphatic carbocycles. The van der Waals surface area contributed by atoms with Crippen LogP contribution in [-0.4, -0.2) is 43.0 Å². The fourth-order valence-corrected chi connectivity index (χ4v) is 1.74. The molecule has 0 N–H and O–H groups in total. The monoisotopic (exact) mass is 249 g/mol. The van der Waals surface area contributed by atoms with E-state index in [-0.39, 0.29) is 5.91 Å². The normalized spacial score (nSPS) is 11.4. The molecule has 0 aliphatic heterocycles. The van der Waals surface area contributed by atoms with Crippen molar-refractivity contribution in [1.82, 2.24) is 4.90 Å². The largest absolute Gasteiger partial charge is 0.342 e. The molecule has 0 heterocycles. The number of nitrogens with zero attached hydrogens (tertiary/aromatic N) is 2. The Morgan fingerprint density at radius 3 is 2.11 bits per heavy atom. The van der Waals surface area contributed by atoms with Gasteiger partial charge in [0.1, 0.15) is 6.54 Å². The molecule has 0 unspecified atom stereocenters. The summed E-state index contributed by atoms with van der Waals surface area (Å²) < 4.78 is 0.993. The number of amides is 1. The summed E-state index contributed by atoms with van der Waals surface area (Å²) in [6.07, 6.45) is 0. The second kappa shape index (κ2) is 6.01. The summed E-state index contributed by atoms with van der Waals surface area (Å²) >= 11 is 0. The predicted octanol–water partition coefficient (Wildman–Crippen LogP) is 2.26. The molecule has 1 aromatic rings.